The lowest BCUT2D eigenvalue weighted by Gasteiger charge is -2.12. The average Bonchev–Trinajstić information content (AvgIpc) is 2.74. The van der Waals surface area contributed by atoms with Crippen LogP contribution >= 0.6 is 0 Å². The van der Waals surface area contributed by atoms with Crippen LogP contribution in [0, 0.1) is 5.82 Å². The van der Waals surface area contributed by atoms with Gasteiger partial charge in [0.1, 0.15) is 17.1 Å². The van der Waals surface area contributed by atoms with Crippen molar-refractivity contribution >= 4 is 21.6 Å². The number of unbranched alkanes of at least 4 members (excludes halogenated alkanes) is 1. The van der Waals surface area contributed by atoms with Crippen molar-refractivity contribution in [2.75, 3.05) is 11.3 Å². The first kappa shape index (κ1) is 22.2. The van der Waals surface area contributed by atoms with Crippen LogP contribution in [0.15, 0.2) is 71.8 Å². The van der Waals surface area contributed by atoms with E-state index in [4.69, 9.17) is 4.74 Å². The van der Waals surface area contributed by atoms with E-state index in [0.29, 0.717) is 12.3 Å². The molecule has 1 heterocycles. The molecule has 1 aromatic heterocycles. The van der Waals surface area contributed by atoms with Crippen molar-refractivity contribution in [3.8, 4) is 11.6 Å². The highest BCUT2D eigenvalue weighted by molar-refractivity contribution is 7.92. The van der Waals surface area contributed by atoms with Crippen LogP contribution in [0.25, 0.3) is 0 Å². The highest BCUT2D eigenvalue weighted by Crippen LogP contribution is 2.26. The van der Waals surface area contributed by atoms with E-state index in [2.05, 4.69) is 15.0 Å². The number of pyridine rings is 1. The van der Waals surface area contributed by atoms with Gasteiger partial charge in [-0.05, 0) is 55.0 Å². The number of rotatable bonds is 9. The van der Waals surface area contributed by atoms with Crippen molar-refractivity contribution in [3.05, 3.63) is 78.2 Å². The Bertz CT molecular complexity index is 1150. The maximum Gasteiger partial charge on any atom is 0.261 e. The summed E-state index contributed by atoms with van der Waals surface area (Å²) in [5.74, 6) is -0.431. The Kier molecular flexibility index (Phi) is 7.19. The van der Waals surface area contributed by atoms with Crippen LogP contribution in [-0.4, -0.2) is 25.9 Å². The zero-order chi connectivity index (χ0) is 22.3. The smallest absolute Gasteiger partial charge is 0.261 e. The maximum absolute atomic E-state index is 13.1. The topological polar surface area (TPSA) is 97.4 Å². The zero-order valence-corrected chi connectivity index (χ0v) is 17.7. The Morgan fingerprint density at radius 2 is 1.87 bits per heavy atom. The Balaban J connectivity index is 1.77. The summed E-state index contributed by atoms with van der Waals surface area (Å²) in [6.45, 7) is 2.58. The summed E-state index contributed by atoms with van der Waals surface area (Å²) in [5, 5.41) is 2.81. The van der Waals surface area contributed by atoms with E-state index < -0.39 is 15.8 Å². The third kappa shape index (κ3) is 6.02. The Hall–Kier alpha value is -3.46. The number of aromatic nitrogens is 1. The van der Waals surface area contributed by atoms with E-state index in [0.717, 1.165) is 25.0 Å². The van der Waals surface area contributed by atoms with Crippen molar-refractivity contribution in [3.63, 3.8) is 0 Å². The van der Waals surface area contributed by atoms with Gasteiger partial charge >= 0.3 is 0 Å². The fourth-order valence-corrected chi connectivity index (χ4v) is 3.73. The molecule has 3 aromatic rings. The van der Waals surface area contributed by atoms with Crippen molar-refractivity contribution < 1.29 is 22.3 Å². The van der Waals surface area contributed by atoms with Crippen LogP contribution in [-0.2, 0) is 10.0 Å². The second kappa shape index (κ2) is 10.0. The highest BCUT2D eigenvalue weighted by Gasteiger charge is 2.16. The Morgan fingerprint density at radius 1 is 1.10 bits per heavy atom. The fourth-order valence-electron chi connectivity index (χ4n) is 2.68. The molecule has 0 radical (unpaired) electrons. The lowest BCUT2D eigenvalue weighted by molar-refractivity contribution is 0.0950. The first-order valence-electron chi connectivity index (χ1n) is 9.68. The molecule has 1 amide bonds. The molecular formula is C22H22FN3O4S. The fraction of sp³-hybridized carbons (Fsp3) is 0.182. The van der Waals surface area contributed by atoms with Gasteiger partial charge in [0.25, 0.3) is 15.9 Å². The van der Waals surface area contributed by atoms with Gasteiger partial charge in [0.2, 0.25) is 5.88 Å². The van der Waals surface area contributed by atoms with Gasteiger partial charge < -0.3 is 10.1 Å². The minimum atomic E-state index is -3.91. The van der Waals surface area contributed by atoms with E-state index in [-0.39, 0.29) is 27.9 Å². The van der Waals surface area contributed by atoms with Crippen LogP contribution in [0.1, 0.15) is 30.1 Å². The molecule has 0 bridgehead atoms. The summed E-state index contributed by atoms with van der Waals surface area (Å²) < 4.78 is 46.3. The minimum Gasteiger partial charge on any atom is -0.438 e. The molecule has 2 N–H and O–H groups in total. The summed E-state index contributed by atoms with van der Waals surface area (Å²) in [6, 6.07) is 14.0. The second-order valence-corrected chi connectivity index (χ2v) is 8.34. The number of nitrogens with zero attached hydrogens (tertiary/aromatic N) is 1. The monoisotopic (exact) mass is 443 g/mol. The molecule has 0 saturated carbocycles. The SMILES string of the molecule is CCCCNC(=O)c1cccnc1Oc1cccc(NS(=O)(=O)c2ccc(F)cc2)c1. The molecule has 0 aliphatic carbocycles. The Labute approximate surface area is 180 Å². The highest BCUT2D eigenvalue weighted by atomic mass is 32.2. The quantitative estimate of drug-likeness (QED) is 0.480. The summed E-state index contributed by atoms with van der Waals surface area (Å²) in [6.07, 6.45) is 3.31. The standard InChI is InChI=1S/C22H22FN3O4S/c1-2-3-13-24-21(27)20-8-5-14-25-22(20)30-18-7-4-6-17(15-18)26-31(28,29)19-11-9-16(23)10-12-19/h4-12,14-15,26H,2-3,13H2,1H3,(H,24,27). The van der Waals surface area contributed by atoms with Gasteiger partial charge in [0.15, 0.2) is 0 Å². The zero-order valence-electron chi connectivity index (χ0n) is 16.8. The molecule has 31 heavy (non-hydrogen) atoms. The molecule has 0 spiro atoms. The number of nitrogens with one attached hydrogen (secondary N) is 2. The Morgan fingerprint density at radius 3 is 2.61 bits per heavy atom. The molecule has 0 unspecified atom stereocenters. The molecule has 2 aromatic carbocycles. The number of carbonyl (C=O) groups is 1. The van der Waals surface area contributed by atoms with E-state index in [1.807, 2.05) is 6.92 Å². The third-order valence-corrected chi connectivity index (χ3v) is 5.65. The lowest BCUT2D eigenvalue weighted by Crippen LogP contribution is -2.24. The predicted octanol–water partition coefficient (Wildman–Crippen LogP) is 4.34. The number of amides is 1. The third-order valence-electron chi connectivity index (χ3n) is 4.26. The van der Waals surface area contributed by atoms with Crippen molar-refractivity contribution in [2.45, 2.75) is 24.7 Å². The molecule has 0 aliphatic rings. The largest absolute Gasteiger partial charge is 0.438 e. The molecule has 0 atom stereocenters. The molecule has 0 saturated heterocycles. The van der Waals surface area contributed by atoms with Gasteiger partial charge in [-0.25, -0.2) is 17.8 Å². The molecule has 0 aliphatic heterocycles. The maximum atomic E-state index is 13.1. The molecular weight excluding hydrogens is 421 g/mol. The van der Waals surface area contributed by atoms with Crippen LogP contribution < -0.4 is 14.8 Å². The number of ether oxygens (including phenoxy) is 1. The van der Waals surface area contributed by atoms with E-state index in [9.17, 15) is 17.6 Å². The van der Waals surface area contributed by atoms with Gasteiger partial charge in [-0.3, -0.25) is 9.52 Å². The molecule has 7 nitrogen and oxygen atoms in total. The van der Waals surface area contributed by atoms with Crippen LogP contribution in [0.3, 0.4) is 0 Å². The lowest BCUT2D eigenvalue weighted by atomic mass is 10.2. The van der Waals surface area contributed by atoms with Gasteiger partial charge in [-0.2, -0.15) is 0 Å². The summed E-state index contributed by atoms with van der Waals surface area (Å²) in [4.78, 5) is 16.5. The first-order chi connectivity index (χ1) is 14.9. The number of benzene rings is 2. The van der Waals surface area contributed by atoms with Gasteiger partial charge in [-0.15, -0.1) is 0 Å². The van der Waals surface area contributed by atoms with Crippen molar-refractivity contribution in [2.24, 2.45) is 0 Å². The first-order valence-corrected chi connectivity index (χ1v) is 11.2. The summed E-state index contributed by atoms with van der Waals surface area (Å²) in [7, 11) is -3.91. The molecule has 3 rings (SSSR count). The van der Waals surface area contributed by atoms with E-state index in [1.54, 1.807) is 30.3 Å². The van der Waals surface area contributed by atoms with E-state index >= 15 is 0 Å². The number of carbonyl (C=O) groups excluding carboxylic acids is 1. The summed E-state index contributed by atoms with van der Waals surface area (Å²) in [5.41, 5.74) is 0.516. The van der Waals surface area contributed by atoms with Gasteiger partial charge in [-0.1, -0.05) is 19.4 Å². The number of anilines is 1. The molecule has 162 valence electrons. The summed E-state index contributed by atoms with van der Waals surface area (Å²) >= 11 is 0. The number of hydrogen-bond donors (Lipinski definition) is 2. The predicted molar refractivity (Wildman–Crippen MR) is 115 cm³/mol. The molecule has 0 fully saturated rings. The number of halogens is 1. The van der Waals surface area contributed by atoms with Crippen LogP contribution in [0.5, 0.6) is 11.6 Å². The number of sulfonamides is 1. The molecule has 9 heteroatoms. The van der Waals surface area contributed by atoms with Gasteiger partial charge in [0, 0.05) is 18.8 Å². The van der Waals surface area contributed by atoms with E-state index in [1.165, 1.54) is 24.4 Å². The van der Waals surface area contributed by atoms with Crippen LogP contribution in [0.2, 0.25) is 0 Å². The van der Waals surface area contributed by atoms with Gasteiger partial charge in [0.05, 0.1) is 10.6 Å². The van der Waals surface area contributed by atoms with Crippen LogP contribution in [0.4, 0.5) is 10.1 Å². The second-order valence-electron chi connectivity index (χ2n) is 6.65. The van der Waals surface area contributed by atoms with Crippen molar-refractivity contribution in [1.29, 1.82) is 0 Å². The minimum absolute atomic E-state index is 0.0732. The van der Waals surface area contributed by atoms with Crippen molar-refractivity contribution in [1.82, 2.24) is 10.3 Å². The normalized spacial score (nSPS) is 11.0. The average molecular weight is 444 g/mol. The number of hydrogen-bond acceptors (Lipinski definition) is 5.